The van der Waals surface area contributed by atoms with E-state index < -0.39 is 38.9 Å². The highest BCUT2D eigenvalue weighted by Crippen LogP contribution is 2.27. The van der Waals surface area contributed by atoms with Crippen LogP contribution in [0.15, 0.2) is 51.0 Å². The van der Waals surface area contributed by atoms with Crippen LogP contribution < -0.4 is 0 Å². The molecule has 0 saturated carbocycles. The Kier molecular flexibility index (Phi) is 4.67. The van der Waals surface area contributed by atoms with Gasteiger partial charge in [-0.1, -0.05) is 11.6 Å². The third-order valence-corrected chi connectivity index (χ3v) is 4.81. The lowest BCUT2D eigenvalue weighted by atomic mass is 10.1. The van der Waals surface area contributed by atoms with Crippen molar-refractivity contribution in [3.05, 3.63) is 47.2 Å². The first-order valence-electron chi connectivity index (χ1n) is 6.11. The van der Waals surface area contributed by atoms with E-state index >= 15 is 0 Å². The van der Waals surface area contributed by atoms with E-state index in [-0.39, 0.29) is 10.5 Å². The van der Waals surface area contributed by atoms with Crippen molar-refractivity contribution in [3.63, 3.8) is 0 Å². The lowest BCUT2D eigenvalue weighted by molar-refractivity contribution is -0.148. The van der Waals surface area contributed by atoms with Crippen LogP contribution in [0.1, 0.15) is 16.8 Å². The molecule has 0 bridgehead atoms. The van der Waals surface area contributed by atoms with Gasteiger partial charge in [-0.25, -0.2) is 13.2 Å². The maximum Gasteiger partial charge on any atom is 0.372 e. The molecule has 0 radical (unpaired) electrons. The quantitative estimate of drug-likeness (QED) is 0.477. The predicted octanol–water partition coefficient (Wildman–Crippen LogP) is 1.99. The van der Waals surface area contributed by atoms with E-state index in [0.717, 1.165) is 12.3 Å². The number of halogens is 1. The lowest BCUT2D eigenvalue weighted by Gasteiger charge is -2.04. The van der Waals surface area contributed by atoms with Crippen molar-refractivity contribution in [3.8, 4) is 0 Å². The van der Waals surface area contributed by atoms with Crippen LogP contribution in [0.4, 0.5) is 0 Å². The van der Waals surface area contributed by atoms with Gasteiger partial charge >= 0.3 is 5.97 Å². The normalized spacial score (nSPS) is 11.2. The first kappa shape index (κ1) is 16.9. The molecule has 0 aliphatic rings. The summed E-state index contributed by atoms with van der Waals surface area (Å²) in [5, 5.41) is 8.18. The second-order valence-corrected chi connectivity index (χ2v) is 6.69. The molecule has 2 aromatic rings. The highest BCUT2D eigenvalue weighted by atomic mass is 35.5. The van der Waals surface area contributed by atoms with Crippen LogP contribution in [0.2, 0.25) is 5.02 Å². The smallest absolute Gasteiger partial charge is 0.372 e. The predicted molar refractivity (Wildman–Crippen MR) is 77.2 cm³/mol. The number of benzene rings is 1. The number of rotatable bonds is 6. The summed E-state index contributed by atoms with van der Waals surface area (Å²) in [6.07, 6.45) is 0.0132. The Morgan fingerprint density at radius 3 is 2.26 bits per heavy atom. The highest BCUT2D eigenvalue weighted by molar-refractivity contribution is 7.91. The fourth-order valence-corrected chi connectivity index (χ4v) is 3.24. The van der Waals surface area contributed by atoms with Crippen molar-refractivity contribution in [2.75, 3.05) is 0 Å². The Bertz CT molecular complexity index is 878. The minimum Gasteiger partial charge on any atom is -0.475 e. The first-order valence-corrected chi connectivity index (χ1v) is 7.97. The third kappa shape index (κ3) is 3.49. The van der Waals surface area contributed by atoms with Crippen LogP contribution in [0.5, 0.6) is 0 Å². The second-order valence-electron chi connectivity index (χ2n) is 4.41. The van der Waals surface area contributed by atoms with Crippen LogP contribution in [-0.2, 0) is 19.4 Å². The van der Waals surface area contributed by atoms with Gasteiger partial charge in [0.25, 0.3) is 0 Å². The first-order chi connectivity index (χ1) is 10.7. The van der Waals surface area contributed by atoms with Gasteiger partial charge in [0.2, 0.25) is 20.7 Å². The summed E-state index contributed by atoms with van der Waals surface area (Å²) in [6, 6.07) is 6.24. The molecule has 1 aromatic heterocycles. The largest absolute Gasteiger partial charge is 0.475 e. The Morgan fingerprint density at radius 2 is 1.70 bits per heavy atom. The number of furan rings is 1. The SMILES string of the molecule is O=C(O)C(=O)CC(=O)c1ccoc1S(=O)(=O)c1ccc(Cl)cc1. The van der Waals surface area contributed by atoms with Crippen molar-refractivity contribution in [1.82, 2.24) is 0 Å². The number of carboxylic acids is 1. The van der Waals surface area contributed by atoms with E-state index in [9.17, 15) is 22.8 Å². The molecule has 120 valence electrons. The number of carbonyl (C=O) groups is 3. The van der Waals surface area contributed by atoms with E-state index in [1.165, 1.54) is 24.3 Å². The van der Waals surface area contributed by atoms with Gasteiger partial charge < -0.3 is 9.52 Å². The van der Waals surface area contributed by atoms with Gasteiger partial charge in [0.15, 0.2) is 5.78 Å². The summed E-state index contributed by atoms with van der Waals surface area (Å²) in [7, 11) is -4.15. The molecular weight excluding hydrogens is 348 g/mol. The minimum absolute atomic E-state index is 0.157. The molecule has 0 saturated heterocycles. The molecule has 1 N–H and O–H groups in total. The number of sulfone groups is 1. The molecule has 0 fully saturated rings. The molecule has 9 heteroatoms. The van der Waals surface area contributed by atoms with Crippen LogP contribution in [0, 0.1) is 0 Å². The minimum atomic E-state index is -4.15. The molecule has 1 aromatic carbocycles. The summed E-state index contributed by atoms with van der Waals surface area (Å²) < 4.78 is 29.8. The number of ketones is 2. The highest BCUT2D eigenvalue weighted by Gasteiger charge is 2.29. The topological polar surface area (TPSA) is 119 Å². The van der Waals surface area contributed by atoms with Crippen LogP contribution in [-0.4, -0.2) is 31.1 Å². The van der Waals surface area contributed by atoms with Crippen molar-refractivity contribution in [1.29, 1.82) is 0 Å². The molecule has 23 heavy (non-hydrogen) atoms. The maximum atomic E-state index is 12.5. The zero-order chi connectivity index (χ0) is 17.2. The van der Waals surface area contributed by atoms with Gasteiger partial charge in [-0.2, -0.15) is 0 Å². The van der Waals surface area contributed by atoms with E-state index in [1.54, 1.807) is 0 Å². The number of hydrogen-bond acceptors (Lipinski definition) is 6. The molecule has 0 aliphatic carbocycles. The summed E-state index contributed by atoms with van der Waals surface area (Å²) in [5.41, 5.74) is -0.380. The number of hydrogen-bond donors (Lipinski definition) is 1. The van der Waals surface area contributed by atoms with Gasteiger partial charge in [0, 0.05) is 5.02 Å². The van der Waals surface area contributed by atoms with E-state index in [2.05, 4.69) is 0 Å². The lowest BCUT2D eigenvalue weighted by Crippen LogP contribution is -2.18. The second kappa shape index (κ2) is 6.35. The van der Waals surface area contributed by atoms with Crippen LogP contribution in [0.25, 0.3) is 0 Å². The van der Waals surface area contributed by atoms with E-state index in [0.29, 0.717) is 5.02 Å². The monoisotopic (exact) mass is 356 g/mol. The third-order valence-electron chi connectivity index (χ3n) is 2.86. The maximum absolute atomic E-state index is 12.5. The average Bonchev–Trinajstić information content (AvgIpc) is 2.97. The number of carbonyl (C=O) groups excluding carboxylic acids is 2. The number of Topliss-reactive ketones (excluding diaryl/α,β-unsaturated/α-hetero) is 2. The Hall–Kier alpha value is -2.45. The molecule has 0 spiro atoms. The van der Waals surface area contributed by atoms with Crippen LogP contribution in [0.3, 0.4) is 0 Å². The van der Waals surface area contributed by atoms with Crippen molar-refractivity contribution in [2.24, 2.45) is 0 Å². The standard InChI is InChI=1S/C14H9ClO7S/c15-8-1-3-9(4-2-8)23(20,21)14-10(5-6-22-14)11(16)7-12(17)13(18)19/h1-6H,7H2,(H,18,19). The molecule has 0 amide bonds. The summed E-state index contributed by atoms with van der Waals surface area (Å²) in [6.45, 7) is 0. The summed E-state index contributed by atoms with van der Waals surface area (Å²) in [5.74, 6) is -4.08. The van der Waals surface area contributed by atoms with Crippen molar-refractivity contribution in [2.45, 2.75) is 16.4 Å². The zero-order valence-corrected chi connectivity index (χ0v) is 12.9. The fraction of sp³-hybridized carbons (Fsp3) is 0.0714. The molecule has 2 rings (SSSR count). The Balaban J connectivity index is 2.40. The molecular formula is C14H9ClO7S. The Morgan fingerprint density at radius 1 is 1.09 bits per heavy atom. The zero-order valence-electron chi connectivity index (χ0n) is 11.4. The van der Waals surface area contributed by atoms with E-state index in [1.807, 2.05) is 0 Å². The molecule has 0 unspecified atom stereocenters. The van der Waals surface area contributed by atoms with Crippen LogP contribution >= 0.6 is 11.6 Å². The average molecular weight is 357 g/mol. The molecule has 0 aliphatic heterocycles. The number of aliphatic carboxylic acids is 1. The van der Waals surface area contributed by atoms with Crippen molar-refractivity contribution < 1.29 is 32.3 Å². The van der Waals surface area contributed by atoms with E-state index in [4.69, 9.17) is 21.1 Å². The van der Waals surface area contributed by atoms with Gasteiger partial charge in [-0.3, -0.25) is 9.59 Å². The molecule has 1 heterocycles. The number of carboxylic acid groups (broad SMARTS) is 1. The molecule has 7 nitrogen and oxygen atoms in total. The Labute approximate surface area is 135 Å². The van der Waals surface area contributed by atoms with Gasteiger partial charge in [0.05, 0.1) is 23.1 Å². The van der Waals surface area contributed by atoms with Gasteiger partial charge in [0.1, 0.15) is 0 Å². The van der Waals surface area contributed by atoms with Gasteiger partial charge in [-0.05, 0) is 30.3 Å². The van der Waals surface area contributed by atoms with Crippen molar-refractivity contribution >= 4 is 39.0 Å². The summed E-state index contributed by atoms with van der Waals surface area (Å²) >= 11 is 5.69. The fourth-order valence-electron chi connectivity index (χ4n) is 1.75. The van der Waals surface area contributed by atoms with Gasteiger partial charge in [-0.15, -0.1) is 0 Å². The molecule has 0 atom stereocenters. The summed E-state index contributed by atoms with van der Waals surface area (Å²) in [4.78, 5) is 33.4.